The Balaban J connectivity index is 0.00000220. The van der Waals surface area contributed by atoms with Crippen molar-refractivity contribution >= 4 is 18.3 Å². The number of rotatable bonds is 5. The largest absolute Gasteiger partial charge is 0.356 e. The molecule has 0 aromatic heterocycles. The molecule has 2 N–H and O–H groups in total. The number of hydrogen-bond acceptors (Lipinski definition) is 3. The van der Waals surface area contributed by atoms with Gasteiger partial charge in [0, 0.05) is 32.1 Å². The van der Waals surface area contributed by atoms with E-state index in [4.69, 9.17) is 0 Å². The van der Waals surface area contributed by atoms with Crippen LogP contribution in [0.1, 0.15) is 40.0 Å². The fourth-order valence-corrected chi connectivity index (χ4v) is 3.45. The minimum atomic E-state index is 0. The van der Waals surface area contributed by atoms with Gasteiger partial charge in [-0.15, -0.1) is 12.4 Å². The number of halogens is 1. The van der Waals surface area contributed by atoms with Gasteiger partial charge in [0.15, 0.2) is 0 Å². The second kappa shape index (κ2) is 8.35. The summed E-state index contributed by atoms with van der Waals surface area (Å²) in [5.41, 5.74) is 0.447. The Hall–Kier alpha value is -0.320. The number of amides is 1. The van der Waals surface area contributed by atoms with Gasteiger partial charge in [0.1, 0.15) is 0 Å². The standard InChI is InChI=1S/C16H31N3O.ClH/c1-13(2)15(20)18-9-14-5-4-8-19(10-14)12-16(3)6-7-17-11-16;/h13-14,17H,4-12H2,1-3H3,(H,18,20);1H. The molecule has 4 nitrogen and oxygen atoms in total. The number of piperidine rings is 1. The summed E-state index contributed by atoms with van der Waals surface area (Å²) in [4.78, 5) is 14.3. The topological polar surface area (TPSA) is 44.4 Å². The summed E-state index contributed by atoms with van der Waals surface area (Å²) in [7, 11) is 0. The Morgan fingerprint density at radius 3 is 2.86 bits per heavy atom. The maximum Gasteiger partial charge on any atom is 0.222 e. The Morgan fingerprint density at radius 2 is 2.24 bits per heavy atom. The van der Waals surface area contributed by atoms with Crippen molar-refractivity contribution in [3.05, 3.63) is 0 Å². The predicted molar refractivity (Wildman–Crippen MR) is 89.9 cm³/mol. The Labute approximate surface area is 135 Å². The zero-order valence-electron chi connectivity index (χ0n) is 13.8. The first kappa shape index (κ1) is 18.7. The third kappa shape index (κ3) is 5.76. The summed E-state index contributed by atoms with van der Waals surface area (Å²) in [5, 5.41) is 6.58. The van der Waals surface area contributed by atoms with Gasteiger partial charge in [-0.25, -0.2) is 0 Å². The molecule has 0 aromatic rings. The third-order valence-electron chi connectivity index (χ3n) is 4.75. The molecule has 2 rings (SSSR count). The molecule has 1 amide bonds. The van der Waals surface area contributed by atoms with E-state index in [1.54, 1.807) is 0 Å². The Kier molecular flexibility index (Phi) is 7.45. The number of hydrogen-bond donors (Lipinski definition) is 2. The van der Waals surface area contributed by atoms with Gasteiger partial charge < -0.3 is 15.5 Å². The summed E-state index contributed by atoms with van der Waals surface area (Å²) >= 11 is 0. The van der Waals surface area contributed by atoms with Crippen molar-refractivity contribution in [3.63, 3.8) is 0 Å². The van der Waals surface area contributed by atoms with Crippen molar-refractivity contribution in [3.8, 4) is 0 Å². The van der Waals surface area contributed by atoms with Gasteiger partial charge in [-0.2, -0.15) is 0 Å². The van der Waals surface area contributed by atoms with Crippen LogP contribution in [-0.4, -0.2) is 50.1 Å². The first-order chi connectivity index (χ1) is 9.48. The fraction of sp³-hybridized carbons (Fsp3) is 0.938. The molecule has 0 spiro atoms. The molecule has 2 aliphatic rings. The van der Waals surface area contributed by atoms with Gasteiger partial charge in [0.25, 0.3) is 0 Å². The molecule has 2 saturated heterocycles. The highest BCUT2D eigenvalue weighted by Crippen LogP contribution is 2.28. The minimum Gasteiger partial charge on any atom is -0.356 e. The van der Waals surface area contributed by atoms with Gasteiger partial charge in [-0.1, -0.05) is 20.8 Å². The first-order valence-corrected chi connectivity index (χ1v) is 8.19. The molecule has 0 radical (unpaired) electrons. The molecule has 2 fully saturated rings. The van der Waals surface area contributed by atoms with E-state index < -0.39 is 0 Å². The van der Waals surface area contributed by atoms with Crippen LogP contribution in [0.25, 0.3) is 0 Å². The van der Waals surface area contributed by atoms with E-state index in [-0.39, 0.29) is 24.2 Å². The van der Waals surface area contributed by atoms with Crippen LogP contribution in [0.5, 0.6) is 0 Å². The van der Waals surface area contributed by atoms with Crippen LogP contribution in [0.4, 0.5) is 0 Å². The lowest BCUT2D eigenvalue weighted by Crippen LogP contribution is -2.45. The summed E-state index contributed by atoms with van der Waals surface area (Å²) in [5.74, 6) is 0.914. The summed E-state index contributed by atoms with van der Waals surface area (Å²) in [6.07, 6.45) is 3.81. The average molecular weight is 318 g/mol. The van der Waals surface area contributed by atoms with Crippen LogP contribution in [0, 0.1) is 17.3 Å². The van der Waals surface area contributed by atoms with E-state index in [2.05, 4.69) is 22.5 Å². The van der Waals surface area contributed by atoms with Gasteiger partial charge in [0.2, 0.25) is 5.91 Å². The number of nitrogens with zero attached hydrogens (tertiary/aromatic N) is 1. The highest BCUT2D eigenvalue weighted by Gasteiger charge is 2.32. The molecule has 2 aliphatic heterocycles. The van der Waals surface area contributed by atoms with Crippen LogP contribution in [-0.2, 0) is 4.79 Å². The van der Waals surface area contributed by atoms with E-state index in [0.29, 0.717) is 11.3 Å². The average Bonchev–Trinajstić information content (AvgIpc) is 2.82. The minimum absolute atomic E-state index is 0. The van der Waals surface area contributed by atoms with Crippen LogP contribution >= 0.6 is 12.4 Å². The normalized spacial score (nSPS) is 30.2. The second-order valence-electron chi connectivity index (χ2n) is 7.38. The van der Waals surface area contributed by atoms with Crippen molar-refractivity contribution in [1.82, 2.24) is 15.5 Å². The first-order valence-electron chi connectivity index (χ1n) is 8.19. The third-order valence-corrected chi connectivity index (χ3v) is 4.75. The summed E-state index contributed by atoms with van der Waals surface area (Å²) < 4.78 is 0. The van der Waals surface area contributed by atoms with E-state index in [1.807, 2.05) is 13.8 Å². The van der Waals surface area contributed by atoms with Crippen LogP contribution in [0.15, 0.2) is 0 Å². The molecule has 0 aliphatic carbocycles. The van der Waals surface area contributed by atoms with E-state index in [0.717, 1.165) is 26.2 Å². The van der Waals surface area contributed by atoms with Crippen molar-refractivity contribution in [2.24, 2.45) is 17.3 Å². The lowest BCUT2D eigenvalue weighted by molar-refractivity contribution is -0.124. The Bertz CT molecular complexity index is 329. The molecule has 0 aromatic carbocycles. The zero-order valence-corrected chi connectivity index (χ0v) is 14.6. The highest BCUT2D eigenvalue weighted by atomic mass is 35.5. The highest BCUT2D eigenvalue weighted by molar-refractivity contribution is 5.85. The maximum atomic E-state index is 11.7. The van der Waals surface area contributed by atoms with E-state index in [9.17, 15) is 4.79 Å². The quantitative estimate of drug-likeness (QED) is 0.814. The smallest absolute Gasteiger partial charge is 0.222 e. The molecule has 2 unspecified atom stereocenters. The lowest BCUT2D eigenvalue weighted by atomic mass is 9.87. The molecule has 124 valence electrons. The van der Waals surface area contributed by atoms with Gasteiger partial charge in [0.05, 0.1) is 0 Å². The molecular formula is C16H32ClN3O. The number of carbonyl (C=O) groups is 1. The van der Waals surface area contributed by atoms with Crippen LogP contribution in [0.2, 0.25) is 0 Å². The van der Waals surface area contributed by atoms with E-state index >= 15 is 0 Å². The molecule has 0 bridgehead atoms. The van der Waals surface area contributed by atoms with Gasteiger partial charge >= 0.3 is 0 Å². The van der Waals surface area contributed by atoms with Crippen LogP contribution in [0.3, 0.4) is 0 Å². The van der Waals surface area contributed by atoms with Gasteiger partial charge in [-0.3, -0.25) is 4.79 Å². The molecule has 2 heterocycles. The number of nitrogens with one attached hydrogen (secondary N) is 2. The predicted octanol–water partition coefficient (Wildman–Crippen LogP) is 1.89. The molecule has 5 heteroatoms. The SMILES string of the molecule is CC(C)C(=O)NCC1CCCN(CC2(C)CCNC2)C1.Cl. The summed E-state index contributed by atoms with van der Waals surface area (Å²) in [6.45, 7) is 13.1. The molecule has 0 saturated carbocycles. The Morgan fingerprint density at radius 1 is 1.48 bits per heavy atom. The zero-order chi connectivity index (χ0) is 14.6. The molecular weight excluding hydrogens is 286 g/mol. The van der Waals surface area contributed by atoms with Crippen LogP contribution < -0.4 is 10.6 Å². The van der Waals surface area contributed by atoms with Crippen molar-refractivity contribution in [2.75, 3.05) is 39.3 Å². The lowest BCUT2D eigenvalue weighted by Gasteiger charge is -2.37. The number of likely N-dealkylation sites (tertiary alicyclic amines) is 1. The van der Waals surface area contributed by atoms with Gasteiger partial charge in [-0.05, 0) is 43.7 Å². The second-order valence-corrected chi connectivity index (χ2v) is 7.38. The number of carbonyl (C=O) groups excluding carboxylic acids is 1. The van der Waals surface area contributed by atoms with Crippen molar-refractivity contribution < 1.29 is 4.79 Å². The fourth-order valence-electron chi connectivity index (χ4n) is 3.45. The molecule has 2 atom stereocenters. The van der Waals surface area contributed by atoms with Crippen molar-refractivity contribution in [2.45, 2.75) is 40.0 Å². The monoisotopic (exact) mass is 317 g/mol. The van der Waals surface area contributed by atoms with Crippen molar-refractivity contribution in [1.29, 1.82) is 0 Å². The summed E-state index contributed by atoms with van der Waals surface area (Å²) in [6, 6.07) is 0. The maximum absolute atomic E-state index is 11.7. The van der Waals surface area contributed by atoms with E-state index in [1.165, 1.54) is 32.4 Å². The molecule has 21 heavy (non-hydrogen) atoms.